The van der Waals surface area contributed by atoms with Crippen LogP contribution in [-0.2, 0) is 22.4 Å². The average Bonchev–Trinajstić information content (AvgIpc) is 3.43. The molecular weight excluding hydrogens is 402 g/mol. The number of hydrogen-bond acceptors (Lipinski definition) is 5. The Balaban J connectivity index is 1.67. The summed E-state index contributed by atoms with van der Waals surface area (Å²) in [6, 6.07) is 20.1. The molecule has 6 heteroatoms. The summed E-state index contributed by atoms with van der Waals surface area (Å²) < 4.78 is 13.4. The highest BCUT2D eigenvalue weighted by atomic mass is 16.5. The topological polar surface area (TPSA) is 65.7 Å². The van der Waals surface area contributed by atoms with Crippen molar-refractivity contribution >= 4 is 11.6 Å². The standard InChI is InChI=1S/C26H25N3O3/c1-18(30)32-26-23(15-19-9-4-2-5-10-19)28-25-22(16-21-13-8-14-31-21)27-24(17-29(25)26)20-11-6-3-7-12-20/h2-7,9-12,17,21H,8,13-16H2,1H3. The number of fused-ring (bicyclic) bond motifs is 1. The van der Waals surface area contributed by atoms with Crippen molar-refractivity contribution in [3.8, 4) is 17.1 Å². The second-order valence-corrected chi connectivity index (χ2v) is 8.09. The van der Waals surface area contributed by atoms with E-state index in [0.29, 0.717) is 30.1 Å². The number of nitrogens with zero attached hydrogens (tertiary/aromatic N) is 3. The number of hydrogen-bond donors (Lipinski definition) is 0. The molecule has 32 heavy (non-hydrogen) atoms. The minimum absolute atomic E-state index is 0.128. The zero-order valence-corrected chi connectivity index (χ0v) is 18.0. The van der Waals surface area contributed by atoms with Crippen molar-refractivity contribution < 1.29 is 14.3 Å². The van der Waals surface area contributed by atoms with Crippen LogP contribution in [0.25, 0.3) is 16.9 Å². The van der Waals surface area contributed by atoms with Crippen LogP contribution in [0, 0.1) is 0 Å². The predicted molar refractivity (Wildman–Crippen MR) is 122 cm³/mol. The van der Waals surface area contributed by atoms with Gasteiger partial charge < -0.3 is 9.47 Å². The molecule has 6 nitrogen and oxygen atoms in total. The summed E-state index contributed by atoms with van der Waals surface area (Å²) in [4.78, 5) is 21.9. The third kappa shape index (κ3) is 4.27. The first-order chi connectivity index (χ1) is 15.7. The fourth-order valence-electron chi connectivity index (χ4n) is 4.19. The van der Waals surface area contributed by atoms with Gasteiger partial charge in [0.05, 0.1) is 17.5 Å². The van der Waals surface area contributed by atoms with E-state index in [1.807, 2.05) is 71.3 Å². The lowest BCUT2D eigenvalue weighted by molar-refractivity contribution is -0.132. The van der Waals surface area contributed by atoms with Gasteiger partial charge in [-0.05, 0) is 18.4 Å². The first-order valence-electron chi connectivity index (χ1n) is 11.0. The van der Waals surface area contributed by atoms with E-state index in [1.54, 1.807) is 0 Å². The molecule has 0 N–H and O–H groups in total. The van der Waals surface area contributed by atoms with E-state index in [4.69, 9.17) is 19.4 Å². The highest BCUT2D eigenvalue weighted by Gasteiger charge is 2.24. The van der Waals surface area contributed by atoms with Gasteiger partial charge >= 0.3 is 5.97 Å². The molecule has 5 rings (SSSR count). The van der Waals surface area contributed by atoms with Crippen LogP contribution >= 0.6 is 0 Å². The third-order valence-corrected chi connectivity index (χ3v) is 5.67. The number of benzene rings is 2. The van der Waals surface area contributed by atoms with Gasteiger partial charge in [0.25, 0.3) is 0 Å². The number of aromatic nitrogens is 3. The maximum absolute atomic E-state index is 12.0. The molecular formula is C26H25N3O3. The Kier molecular flexibility index (Phi) is 5.69. The lowest BCUT2D eigenvalue weighted by Crippen LogP contribution is -2.12. The molecule has 4 aromatic rings. The van der Waals surface area contributed by atoms with E-state index < -0.39 is 0 Å². The Morgan fingerprint density at radius 1 is 1.06 bits per heavy atom. The van der Waals surface area contributed by atoms with Crippen molar-refractivity contribution in [3.63, 3.8) is 0 Å². The number of rotatable bonds is 6. The van der Waals surface area contributed by atoms with Crippen molar-refractivity contribution in [2.75, 3.05) is 6.61 Å². The van der Waals surface area contributed by atoms with Crippen molar-refractivity contribution in [2.45, 2.75) is 38.7 Å². The molecule has 0 bridgehead atoms. The largest absolute Gasteiger partial charge is 0.407 e. The van der Waals surface area contributed by atoms with Gasteiger partial charge in [0.1, 0.15) is 5.69 Å². The van der Waals surface area contributed by atoms with Crippen molar-refractivity contribution in [1.29, 1.82) is 0 Å². The minimum Gasteiger partial charge on any atom is -0.407 e. The Morgan fingerprint density at radius 3 is 2.50 bits per heavy atom. The van der Waals surface area contributed by atoms with E-state index in [0.717, 1.165) is 42.0 Å². The number of carbonyl (C=O) groups excluding carboxylic acids is 1. The van der Waals surface area contributed by atoms with Crippen LogP contribution < -0.4 is 4.74 Å². The van der Waals surface area contributed by atoms with Crippen LogP contribution in [0.4, 0.5) is 0 Å². The van der Waals surface area contributed by atoms with Crippen LogP contribution in [0.1, 0.15) is 36.7 Å². The third-order valence-electron chi connectivity index (χ3n) is 5.67. The van der Waals surface area contributed by atoms with Crippen molar-refractivity contribution in [1.82, 2.24) is 14.4 Å². The fraction of sp³-hybridized carbons (Fsp3) is 0.269. The Labute approximate surface area is 186 Å². The summed E-state index contributed by atoms with van der Waals surface area (Å²) in [7, 11) is 0. The van der Waals surface area contributed by atoms with Crippen LogP contribution in [0.5, 0.6) is 5.88 Å². The van der Waals surface area contributed by atoms with Gasteiger partial charge in [0, 0.05) is 38.1 Å². The number of carbonyl (C=O) groups is 1. The molecule has 2 aromatic heterocycles. The van der Waals surface area contributed by atoms with Crippen molar-refractivity contribution in [2.24, 2.45) is 0 Å². The van der Waals surface area contributed by atoms with Gasteiger partial charge in [-0.1, -0.05) is 60.7 Å². The van der Waals surface area contributed by atoms with E-state index in [9.17, 15) is 4.79 Å². The van der Waals surface area contributed by atoms with Gasteiger partial charge in [-0.2, -0.15) is 0 Å². The van der Waals surface area contributed by atoms with Crippen LogP contribution in [0.15, 0.2) is 66.9 Å². The Morgan fingerprint density at radius 2 is 1.81 bits per heavy atom. The fourth-order valence-corrected chi connectivity index (χ4v) is 4.19. The Bertz CT molecular complexity index is 1230. The molecule has 1 atom stereocenters. The lowest BCUT2D eigenvalue weighted by Gasteiger charge is -2.12. The molecule has 1 aliphatic rings. The molecule has 0 radical (unpaired) electrons. The normalized spacial score (nSPS) is 15.8. The first-order valence-corrected chi connectivity index (χ1v) is 11.0. The molecule has 1 saturated heterocycles. The lowest BCUT2D eigenvalue weighted by atomic mass is 10.1. The summed E-state index contributed by atoms with van der Waals surface area (Å²) in [6.45, 7) is 2.20. The second-order valence-electron chi connectivity index (χ2n) is 8.09. The molecule has 162 valence electrons. The number of ether oxygens (including phenoxy) is 2. The second kappa shape index (κ2) is 8.93. The molecule has 3 heterocycles. The van der Waals surface area contributed by atoms with E-state index >= 15 is 0 Å². The van der Waals surface area contributed by atoms with Crippen molar-refractivity contribution in [3.05, 3.63) is 83.8 Å². The molecule has 1 unspecified atom stereocenters. The molecule has 1 aliphatic heterocycles. The number of esters is 1. The monoisotopic (exact) mass is 427 g/mol. The van der Waals surface area contributed by atoms with E-state index in [2.05, 4.69) is 0 Å². The van der Waals surface area contributed by atoms with Crippen LogP contribution in [0.2, 0.25) is 0 Å². The molecule has 2 aromatic carbocycles. The zero-order valence-electron chi connectivity index (χ0n) is 18.0. The Hall–Kier alpha value is -3.51. The molecule has 0 aliphatic carbocycles. The quantitative estimate of drug-likeness (QED) is 0.420. The van der Waals surface area contributed by atoms with Crippen LogP contribution in [-0.4, -0.2) is 33.0 Å². The first kappa shape index (κ1) is 20.4. The summed E-state index contributed by atoms with van der Waals surface area (Å²) in [6.07, 6.45) is 5.34. The highest BCUT2D eigenvalue weighted by molar-refractivity contribution is 5.70. The maximum Gasteiger partial charge on any atom is 0.309 e. The summed E-state index contributed by atoms with van der Waals surface area (Å²) >= 11 is 0. The van der Waals surface area contributed by atoms with Gasteiger partial charge in [0.2, 0.25) is 5.88 Å². The molecule has 1 fully saturated rings. The smallest absolute Gasteiger partial charge is 0.309 e. The van der Waals surface area contributed by atoms with Gasteiger partial charge in [-0.3, -0.25) is 9.20 Å². The van der Waals surface area contributed by atoms with Gasteiger partial charge in [-0.15, -0.1) is 0 Å². The SMILES string of the molecule is CC(=O)Oc1c(Cc2ccccc2)nc2c(CC3CCCO3)nc(-c3ccccc3)cn12. The predicted octanol–water partition coefficient (Wildman–Crippen LogP) is 4.63. The minimum atomic E-state index is -0.375. The summed E-state index contributed by atoms with van der Waals surface area (Å²) in [5.74, 6) is 0.0735. The summed E-state index contributed by atoms with van der Waals surface area (Å²) in [5, 5.41) is 0. The summed E-state index contributed by atoms with van der Waals surface area (Å²) in [5.41, 5.74) is 5.18. The van der Waals surface area contributed by atoms with Gasteiger partial charge in [0.15, 0.2) is 5.65 Å². The van der Waals surface area contributed by atoms with E-state index in [1.165, 1.54) is 6.92 Å². The molecule has 0 saturated carbocycles. The molecule has 0 spiro atoms. The number of imidazole rings is 1. The maximum atomic E-state index is 12.0. The zero-order chi connectivity index (χ0) is 21.9. The van der Waals surface area contributed by atoms with E-state index in [-0.39, 0.29) is 12.1 Å². The van der Waals surface area contributed by atoms with Crippen LogP contribution in [0.3, 0.4) is 0 Å². The average molecular weight is 428 g/mol. The van der Waals surface area contributed by atoms with Gasteiger partial charge in [-0.25, -0.2) is 9.97 Å². The molecule has 0 amide bonds. The highest BCUT2D eigenvalue weighted by Crippen LogP contribution is 2.30.